The van der Waals surface area contributed by atoms with Crippen molar-refractivity contribution in [3.63, 3.8) is 0 Å². The molecule has 0 aromatic carbocycles. The Labute approximate surface area is 93.4 Å². The summed E-state index contributed by atoms with van der Waals surface area (Å²) in [5.41, 5.74) is 0.256. The van der Waals surface area contributed by atoms with Crippen molar-refractivity contribution in [3.05, 3.63) is 0 Å². The molecule has 2 aliphatic rings. The van der Waals surface area contributed by atoms with E-state index in [2.05, 4.69) is 11.8 Å². The first-order valence-electron chi connectivity index (χ1n) is 6.18. The summed E-state index contributed by atoms with van der Waals surface area (Å²) in [4.78, 5) is 2.45. The third kappa shape index (κ3) is 3.44. The van der Waals surface area contributed by atoms with Crippen LogP contribution in [0.5, 0.6) is 0 Å². The molecule has 3 nitrogen and oxygen atoms in total. The van der Waals surface area contributed by atoms with Crippen molar-refractivity contribution >= 4 is 0 Å². The molecule has 0 radical (unpaired) electrons. The van der Waals surface area contributed by atoms with Crippen molar-refractivity contribution in [1.82, 2.24) is 4.90 Å². The van der Waals surface area contributed by atoms with Gasteiger partial charge in [-0.2, -0.15) is 0 Å². The van der Waals surface area contributed by atoms with Crippen molar-refractivity contribution in [3.8, 4) is 0 Å². The molecular weight excluding hydrogens is 190 g/mol. The summed E-state index contributed by atoms with van der Waals surface area (Å²) < 4.78 is 5.38. The van der Waals surface area contributed by atoms with Crippen LogP contribution in [0.25, 0.3) is 0 Å². The Kier molecular flexibility index (Phi) is 5.03. The Morgan fingerprint density at radius 1 is 1.40 bits per heavy atom. The van der Waals surface area contributed by atoms with E-state index in [0.29, 0.717) is 12.6 Å². The van der Waals surface area contributed by atoms with Crippen molar-refractivity contribution in [1.29, 1.82) is 0 Å². The summed E-state index contributed by atoms with van der Waals surface area (Å²) >= 11 is 0. The molecule has 2 fully saturated rings. The highest BCUT2D eigenvalue weighted by Gasteiger charge is 2.44. The van der Waals surface area contributed by atoms with E-state index >= 15 is 0 Å². The Balaban J connectivity index is 0.000000531. The normalized spacial score (nSPS) is 29.2. The summed E-state index contributed by atoms with van der Waals surface area (Å²) in [5.74, 6) is 0. The van der Waals surface area contributed by atoms with Crippen molar-refractivity contribution in [2.45, 2.75) is 39.7 Å². The molecule has 90 valence electrons. The third-order valence-corrected chi connectivity index (χ3v) is 3.34. The van der Waals surface area contributed by atoms with E-state index in [-0.39, 0.29) is 5.41 Å². The van der Waals surface area contributed by atoms with E-state index in [4.69, 9.17) is 4.74 Å². The zero-order valence-corrected chi connectivity index (χ0v) is 10.3. The molecule has 0 bridgehead atoms. The number of nitrogens with zero attached hydrogens (tertiary/aromatic N) is 1. The Morgan fingerprint density at radius 2 is 2.07 bits per heavy atom. The molecule has 2 rings (SSSR count). The van der Waals surface area contributed by atoms with Crippen LogP contribution < -0.4 is 0 Å². The van der Waals surface area contributed by atoms with Gasteiger partial charge in [-0.3, -0.25) is 4.90 Å². The molecule has 1 saturated carbocycles. The van der Waals surface area contributed by atoms with Crippen molar-refractivity contribution in [2.24, 2.45) is 5.41 Å². The first-order valence-corrected chi connectivity index (χ1v) is 6.18. The van der Waals surface area contributed by atoms with E-state index in [9.17, 15) is 5.11 Å². The van der Waals surface area contributed by atoms with Crippen LogP contribution in [-0.2, 0) is 4.74 Å². The largest absolute Gasteiger partial charge is 0.396 e. The average molecular weight is 215 g/mol. The second-order valence-electron chi connectivity index (χ2n) is 4.55. The molecule has 1 heterocycles. The van der Waals surface area contributed by atoms with Crippen LogP contribution in [0.1, 0.15) is 33.6 Å². The lowest BCUT2D eigenvalue weighted by Crippen LogP contribution is -2.46. The van der Waals surface area contributed by atoms with Gasteiger partial charge in [0.25, 0.3) is 0 Å². The van der Waals surface area contributed by atoms with Gasteiger partial charge in [0, 0.05) is 31.2 Å². The van der Waals surface area contributed by atoms with Gasteiger partial charge in [0.05, 0.1) is 13.2 Å². The average Bonchev–Trinajstić information content (AvgIpc) is 3.05. The number of aliphatic hydroxyl groups excluding tert-OH is 1. The Morgan fingerprint density at radius 3 is 2.53 bits per heavy atom. The van der Waals surface area contributed by atoms with E-state index in [1.54, 1.807) is 0 Å². The first-order chi connectivity index (χ1) is 7.26. The molecule has 1 N–H and O–H groups in total. The second kappa shape index (κ2) is 5.83. The van der Waals surface area contributed by atoms with Gasteiger partial charge < -0.3 is 9.84 Å². The van der Waals surface area contributed by atoms with Gasteiger partial charge in [-0.25, -0.2) is 0 Å². The number of rotatable bonds is 3. The van der Waals surface area contributed by atoms with Gasteiger partial charge in [-0.1, -0.05) is 13.8 Å². The summed E-state index contributed by atoms with van der Waals surface area (Å²) in [6.45, 7) is 10.4. The van der Waals surface area contributed by atoms with Crippen LogP contribution in [0.4, 0.5) is 0 Å². The number of morpholine rings is 1. The summed E-state index contributed by atoms with van der Waals surface area (Å²) in [5, 5.41) is 9.22. The highest BCUT2D eigenvalue weighted by molar-refractivity contribution is 4.96. The lowest BCUT2D eigenvalue weighted by atomic mass is 10.1. The number of hydrogen-bond donors (Lipinski definition) is 1. The van der Waals surface area contributed by atoms with Crippen LogP contribution in [0.2, 0.25) is 0 Å². The van der Waals surface area contributed by atoms with Crippen LogP contribution in [0.15, 0.2) is 0 Å². The fraction of sp³-hybridized carbons (Fsp3) is 1.00. The Hall–Kier alpha value is -0.120. The molecular formula is C12H25NO2. The van der Waals surface area contributed by atoms with Gasteiger partial charge >= 0.3 is 0 Å². The molecule has 0 amide bonds. The minimum absolute atomic E-state index is 0.256. The van der Waals surface area contributed by atoms with Gasteiger partial charge in [-0.05, 0) is 19.8 Å². The minimum Gasteiger partial charge on any atom is -0.396 e. The maximum Gasteiger partial charge on any atom is 0.0619 e. The van der Waals surface area contributed by atoms with E-state index in [1.807, 2.05) is 13.8 Å². The van der Waals surface area contributed by atoms with E-state index in [1.165, 1.54) is 12.8 Å². The third-order valence-electron chi connectivity index (χ3n) is 3.34. The fourth-order valence-corrected chi connectivity index (χ4v) is 1.97. The van der Waals surface area contributed by atoms with Crippen LogP contribution in [0, 0.1) is 5.41 Å². The lowest BCUT2D eigenvalue weighted by molar-refractivity contribution is -0.0142. The molecule has 3 heteroatoms. The van der Waals surface area contributed by atoms with Crippen LogP contribution >= 0.6 is 0 Å². The Bertz CT molecular complexity index is 180. The zero-order valence-electron chi connectivity index (χ0n) is 10.3. The van der Waals surface area contributed by atoms with Gasteiger partial charge in [0.2, 0.25) is 0 Å². The molecule has 0 aromatic rings. The van der Waals surface area contributed by atoms with Crippen LogP contribution in [0.3, 0.4) is 0 Å². The quantitative estimate of drug-likeness (QED) is 0.774. The SMILES string of the molecule is CC.C[C@@H]1COCCN1CC1(CO)CC1. The second-order valence-corrected chi connectivity index (χ2v) is 4.55. The van der Waals surface area contributed by atoms with Crippen LogP contribution in [-0.4, -0.2) is 49.0 Å². The predicted octanol–water partition coefficient (Wildman–Crippen LogP) is 1.51. The fourth-order valence-electron chi connectivity index (χ4n) is 1.97. The monoisotopic (exact) mass is 215 g/mol. The van der Waals surface area contributed by atoms with Gasteiger partial charge in [0.1, 0.15) is 0 Å². The van der Waals surface area contributed by atoms with E-state index < -0.39 is 0 Å². The maximum atomic E-state index is 9.22. The molecule has 15 heavy (non-hydrogen) atoms. The molecule has 1 saturated heterocycles. The first kappa shape index (κ1) is 12.9. The highest BCUT2D eigenvalue weighted by atomic mass is 16.5. The number of hydrogen-bond acceptors (Lipinski definition) is 3. The summed E-state index contributed by atoms with van der Waals surface area (Å²) in [6.07, 6.45) is 2.40. The minimum atomic E-state index is 0.256. The summed E-state index contributed by atoms with van der Waals surface area (Å²) in [7, 11) is 0. The molecule has 1 aliphatic heterocycles. The molecule has 1 aliphatic carbocycles. The molecule has 0 aromatic heterocycles. The lowest BCUT2D eigenvalue weighted by Gasteiger charge is -2.35. The van der Waals surface area contributed by atoms with Crippen molar-refractivity contribution < 1.29 is 9.84 Å². The smallest absolute Gasteiger partial charge is 0.0619 e. The van der Waals surface area contributed by atoms with E-state index in [0.717, 1.165) is 26.3 Å². The molecule has 1 atom stereocenters. The maximum absolute atomic E-state index is 9.22. The van der Waals surface area contributed by atoms with Gasteiger partial charge in [0.15, 0.2) is 0 Å². The van der Waals surface area contributed by atoms with Gasteiger partial charge in [-0.15, -0.1) is 0 Å². The molecule has 0 unspecified atom stereocenters. The topological polar surface area (TPSA) is 32.7 Å². The predicted molar refractivity (Wildman–Crippen MR) is 62.0 cm³/mol. The summed E-state index contributed by atoms with van der Waals surface area (Å²) in [6, 6.07) is 0.526. The molecule has 0 spiro atoms. The van der Waals surface area contributed by atoms with Crippen molar-refractivity contribution in [2.75, 3.05) is 32.9 Å². The zero-order chi connectivity index (χ0) is 11.3. The highest BCUT2D eigenvalue weighted by Crippen LogP contribution is 2.45. The standard InChI is InChI=1S/C10H19NO2.C2H6/c1-9-6-13-5-4-11(9)7-10(8-12)2-3-10;1-2/h9,12H,2-8H2,1H3;1-2H3/t9-;/m1./s1. The number of aliphatic hydroxyl groups is 1. The number of ether oxygens (including phenoxy) is 1.